The first-order valence-electron chi connectivity index (χ1n) is 6.71. The van der Waals surface area contributed by atoms with Crippen molar-refractivity contribution >= 4 is 17.6 Å². The predicted molar refractivity (Wildman–Crippen MR) is 77.9 cm³/mol. The van der Waals surface area contributed by atoms with Gasteiger partial charge in [0.2, 0.25) is 0 Å². The Morgan fingerprint density at radius 1 is 1.45 bits per heavy atom. The molecule has 0 radical (unpaired) electrons. The van der Waals surface area contributed by atoms with Crippen molar-refractivity contribution in [3.8, 4) is 0 Å². The molecule has 0 saturated heterocycles. The van der Waals surface area contributed by atoms with Crippen LogP contribution in [0.15, 0.2) is 29.4 Å². The van der Waals surface area contributed by atoms with E-state index in [1.165, 1.54) is 0 Å². The number of amides is 2. The van der Waals surface area contributed by atoms with Crippen LogP contribution in [-0.4, -0.2) is 23.1 Å². The number of anilines is 1. The van der Waals surface area contributed by atoms with E-state index < -0.39 is 0 Å². The monoisotopic (exact) mass is 276 g/mol. The van der Waals surface area contributed by atoms with Gasteiger partial charge in [-0.3, -0.25) is 0 Å². The Bertz CT molecular complexity index is 516. The third-order valence-electron chi connectivity index (χ3n) is 3.60. The number of hydrogen-bond acceptors (Lipinski definition) is 3. The predicted octanol–water partition coefficient (Wildman–Crippen LogP) is 2.03. The maximum atomic E-state index is 12.0. The summed E-state index contributed by atoms with van der Waals surface area (Å²) in [5, 5.41) is 17.5. The molecule has 0 bridgehead atoms. The van der Waals surface area contributed by atoms with Crippen molar-refractivity contribution in [1.82, 2.24) is 5.32 Å². The lowest BCUT2D eigenvalue weighted by atomic mass is 10.0. The van der Waals surface area contributed by atoms with E-state index in [4.69, 9.17) is 10.9 Å². The lowest BCUT2D eigenvalue weighted by Crippen LogP contribution is -2.44. The van der Waals surface area contributed by atoms with Gasteiger partial charge in [0.05, 0.1) is 0 Å². The second kappa shape index (κ2) is 6.27. The van der Waals surface area contributed by atoms with Crippen molar-refractivity contribution in [3.05, 3.63) is 29.8 Å². The van der Waals surface area contributed by atoms with Gasteiger partial charge in [-0.2, -0.15) is 0 Å². The molecule has 108 valence electrons. The summed E-state index contributed by atoms with van der Waals surface area (Å²) in [7, 11) is 0. The van der Waals surface area contributed by atoms with Crippen molar-refractivity contribution < 1.29 is 10.0 Å². The van der Waals surface area contributed by atoms with Crippen molar-refractivity contribution in [1.29, 1.82) is 0 Å². The van der Waals surface area contributed by atoms with Gasteiger partial charge in [-0.25, -0.2) is 4.79 Å². The zero-order valence-electron chi connectivity index (χ0n) is 11.5. The second-order valence-electron chi connectivity index (χ2n) is 5.14. The molecular weight excluding hydrogens is 256 g/mol. The van der Waals surface area contributed by atoms with Gasteiger partial charge >= 0.3 is 6.03 Å². The van der Waals surface area contributed by atoms with Crippen molar-refractivity contribution in [2.45, 2.75) is 32.2 Å². The zero-order chi connectivity index (χ0) is 14.5. The molecule has 1 aliphatic carbocycles. The molecular formula is C14H20N4O2. The first-order chi connectivity index (χ1) is 9.60. The molecule has 0 aliphatic heterocycles. The molecule has 1 aromatic rings. The SMILES string of the molecule is Cc1cccc(NC(=O)NC2CCCC2C(N)=NO)c1. The fourth-order valence-corrected chi connectivity index (χ4v) is 2.62. The van der Waals surface area contributed by atoms with E-state index in [1.807, 2.05) is 31.2 Å². The van der Waals surface area contributed by atoms with E-state index in [1.54, 1.807) is 0 Å². The van der Waals surface area contributed by atoms with Crippen LogP contribution in [0.5, 0.6) is 0 Å². The lowest BCUT2D eigenvalue weighted by Gasteiger charge is -2.20. The largest absolute Gasteiger partial charge is 0.409 e. The Hall–Kier alpha value is -2.24. The number of rotatable bonds is 3. The van der Waals surface area contributed by atoms with Crippen LogP contribution >= 0.6 is 0 Å². The molecule has 2 rings (SSSR count). The number of benzene rings is 1. The molecule has 1 fully saturated rings. The second-order valence-corrected chi connectivity index (χ2v) is 5.14. The lowest BCUT2D eigenvalue weighted by molar-refractivity contribution is 0.247. The standard InChI is InChI=1S/C14H20N4O2/c1-9-4-2-5-10(8-9)16-14(19)17-12-7-3-6-11(12)13(15)18-20/h2,4-5,8,11-12,20H,3,6-7H2,1H3,(H2,15,18)(H2,16,17,19). The molecule has 6 heteroatoms. The number of nitrogens with one attached hydrogen (secondary N) is 2. The minimum atomic E-state index is -0.266. The Labute approximate surface area is 118 Å². The average molecular weight is 276 g/mol. The Morgan fingerprint density at radius 2 is 2.25 bits per heavy atom. The number of nitrogens with zero attached hydrogens (tertiary/aromatic N) is 1. The minimum absolute atomic E-state index is 0.0873. The highest BCUT2D eigenvalue weighted by Crippen LogP contribution is 2.25. The fourth-order valence-electron chi connectivity index (χ4n) is 2.62. The summed E-state index contributed by atoms with van der Waals surface area (Å²) in [5.41, 5.74) is 7.48. The van der Waals surface area contributed by atoms with Crippen LogP contribution in [0.2, 0.25) is 0 Å². The van der Waals surface area contributed by atoms with Gasteiger partial charge in [-0.15, -0.1) is 0 Å². The highest BCUT2D eigenvalue weighted by atomic mass is 16.4. The molecule has 0 aromatic heterocycles. The maximum absolute atomic E-state index is 12.0. The van der Waals surface area contributed by atoms with Crippen LogP contribution in [-0.2, 0) is 0 Å². The van der Waals surface area contributed by atoms with Crippen molar-refractivity contribution in [2.75, 3.05) is 5.32 Å². The molecule has 1 aromatic carbocycles. The van der Waals surface area contributed by atoms with Gasteiger partial charge in [0.15, 0.2) is 0 Å². The Kier molecular flexibility index (Phi) is 4.45. The van der Waals surface area contributed by atoms with Crippen molar-refractivity contribution in [2.24, 2.45) is 16.8 Å². The highest BCUT2D eigenvalue weighted by Gasteiger charge is 2.31. The summed E-state index contributed by atoms with van der Waals surface area (Å²) in [6.07, 6.45) is 2.61. The van der Waals surface area contributed by atoms with Crippen LogP contribution in [0.4, 0.5) is 10.5 Å². The van der Waals surface area contributed by atoms with Crippen LogP contribution in [0.3, 0.4) is 0 Å². The van der Waals surface area contributed by atoms with Gasteiger partial charge in [0, 0.05) is 17.6 Å². The molecule has 2 amide bonds. The topological polar surface area (TPSA) is 99.7 Å². The number of aryl methyl sites for hydroxylation is 1. The Balaban J connectivity index is 1.94. The van der Waals surface area contributed by atoms with E-state index in [9.17, 15) is 4.79 Å². The number of carbonyl (C=O) groups excluding carboxylic acids is 1. The number of oxime groups is 1. The highest BCUT2D eigenvalue weighted by molar-refractivity contribution is 5.90. The third kappa shape index (κ3) is 3.40. The fraction of sp³-hybridized carbons (Fsp3) is 0.429. The summed E-state index contributed by atoms with van der Waals surface area (Å²) in [4.78, 5) is 12.0. The number of carbonyl (C=O) groups is 1. The maximum Gasteiger partial charge on any atom is 0.319 e. The molecule has 20 heavy (non-hydrogen) atoms. The van der Waals surface area contributed by atoms with E-state index >= 15 is 0 Å². The van der Waals surface area contributed by atoms with Gasteiger partial charge < -0.3 is 21.6 Å². The van der Waals surface area contributed by atoms with Gasteiger partial charge in [0.1, 0.15) is 5.84 Å². The number of amidine groups is 1. The summed E-state index contributed by atoms with van der Waals surface area (Å²) >= 11 is 0. The average Bonchev–Trinajstić information content (AvgIpc) is 2.85. The summed E-state index contributed by atoms with van der Waals surface area (Å²) in [6.45, 7) is 1.97. The van der Waals surface area contributed by atoms with E-state index in [-0.39, 0.29) is 23.8 Å². The van der Waals surface area contributed by atoms with Crippen molar-refractivity contribution in [3.63, 3.8) is 0 Å². The van der Waals surface area contributed by atoms with Crippen LogP contribution in [0.1, 0.15) is 24.8 Å². The van der Waals surface area contributed by atoms with Crippen LogP contribution < -0.4 is 16.4 Å². The van der Waals surface area contributed by atoms with Crippen LogP contribution in [0.25, 0.3) is 0 Å². The number of urea groups is 1. The smallest absolute Gasteiger partial charge is 0.319 e. The van der Waals surface area contributed by atoms with E-state index in [0.717, 1.165) is 30.5 Å². The molecule has 2 atom stereocenters. The summed E-state index contributed by atoms with van der Waals surface area (Å²) < 4.78 is 0. The van der Waals surface area contributed by atoms with Gasteiger partial charge in [0.25, 0.3) is 0 Å². The van der Waals surface area contributed by atoms with Gasteiger partial charge in [-0.05, 0) is 37.5 Å². The molecule has 6 nitrogen and oxygen atoms in total. The zero-order valence-corrected chi connectivity index (χ0v) is 11.5. The van der Waals surface area contributed by atoms with Crippen LogP contribution in [0, 0.1) is 12.8 Å². The molecule has 1 saturated carbocycles. The molecule has 0 heterocycles. The Morgan fingerprint density at radius 3 is 2.95 bits per heavy atom. The van der Waals surface area contributed by atoms with E-state index in [2.05, 4.69) is 15.8 Å². The summed E-state index contributed by atoms with van der Waals surface area (Å²) in [5.74, 6) is 0.0895. The first kappa shape index (κ1) is 14.2. The van der Waals surface area contributed by atoms with E-state index in [0.29, 0.717) is 0 Å². The third-order valence-corrected chi connectivity index (χ3v) is 3.60. The molecule has 1 aliphatic rings. The quantitative estimate of drug-likeness (QED) is 0.294. The van der Waals surface area contributed by atoms with Gasteiger partial charge in [-0.1, -0.05) is 23.7 Å². The number of nitrogens with two attached hydrogens (primary N) is 1. The normalized spacial score (nSPS) is 22.6. The molecule has 0 spiro atoms. The first-order valence-corrected chi connectivity index (χ1v) is 6.71. The minimum Gasteiger partial charge on any atom is -0.409 e. The molecule has 5 N–H and O–H groups in total. The molecule has 2 unspecified atom stereocenters. The number of hydrogen-bond donors (Lipinski definition) is 4. The summed E-state index contributed by atoms with van der Waals surface area (Å²) in [6, 6.07) is 7.24.